The van der Waals surface area contributed by atoms with Gasteiger partial charge in [0, 0.05) is 12.4 Å². The largest absolute Gasteiger partial charge is 0.481 e. The van der Waals surface area contributed by atoms with Crippen molar-refractivity contribution in [2.45, 2.75) is 38.7 Å². The van der Waals surface area contributed by atoms with Crippen LogP contribution >= 0.6 is 0 Å². The molecule has 1 heterocycles. The Balaban J connectivity index is 2.95. The zero-order valence-corrected chi connectivity index (χ0v) is 10.1. The van der Waals surface area contributed by atoms with E-state index in [0.29, 0.717) is 6.42 Å². The predicted octanol–water partition coefficient (Wildman–Crippen LogP) is 1.58. The highest BCUT2D eigenvalue weighted by molar-refractivity contribution is 5.71. The van der Waals surface area contributed by atoms with Crippen LogP contribution < -0.4 is 0 Å². The van der Waals surface area contributed by atoms with Crippen LogP contribution in [0.1, 0.15) is 38.9 Å². The molecule has 0 radical (unpaired) electrons. The molecule has 0 fully saturated rings. The van der Waals surface area contributed by atoms with Crippen molar-refractivity contribution in [1.29, 1.82) is 0 Å². The van der Waals surface area contributed by atoms with E-state index in [1.54, 1.807) is 6.07 Å². The van der Waals surface area contributed by atoms with E-state index in [0.717, 1.165) is 12.8 Å². The summed E-state index contributed by atoms with van der Waals surface area (Å²) in [6, 6.07) is 1.63. The molecule has 5 heteroatoms. The minimum atomic E-state index is -1.54. The molecule has 5 nitrogen and oxygen atoms in total. The van der Waals surface area contributed by atoms with Gasteiger partial charge in [-0.05, 0) is 19.4 Å². The lowest BCUT2D eigenvalue weighted by Gasteiger charge is -2.28. The van der Waals surface area contributed by atoms with E-state index < -0.39 is 17.5 Å². The number of hydrogen-bond acceptors (Lipinski definition) is 4. The fourth-order valence-electron chi connectivity index (χ4n) is 1.77. The van der Waals surface area contributed by atoms with Gasteiger partial charge in [-0.2, -0.15) is 0 Å². The zero-order chi connectivity index (χ0) is 12.9. The third-order valence-corrected chi connectivity index (χ3v) is 2.84. The summed E-state index contributed by atoms with van der Waals surface area (Å²) >= 11 is 0. The van der Waals surface area contributed by atoms with E-state index in [1.807, 2.05) is 6.92 Å². The molecule has 94 valence electrons. The molecule has 2 atom stereocenters. The number of nitrogens with zero attached hydrogens (tertiary/aromatic N) is 2. The Morgan fingerprint density at radius 2 is 2.06 bits per heavy atom. The Morgan fingerprint density at radius 3 is 2.53 bits per heavy atom. The number of rotatable bonds is 6. The maximum atomic E-state index is 11.2. The summed E-state index contributed by atoms with van der Waals surface area (Å²) < 4.78 is 0. The van der Waals surface area contributed by atoms with Crippen molar-refractivity contribution in [1.82, 2.24) is 9.97 Å². The second-order valence-corrected chi connectivity index (χ2v) is 4.25. The predicted molar refractivity (Wildman–Crippen MR) is 62.3 cm³/mol. The van der Waals surface area contributed by atoms with Crippen LogP contribution in [0.4, 0.5) is 0 Å². The molecular formula is C12H18N2O3. The van der Waals surface area contributed by atoms with Crippen LogP contribution in [0.25, 0.3) is 0 Å². The summed E-state index contributed by atoms with van der Waals surface area (Å²) in [5, 5.41) is 19.5. The Hall–Kier alpha value is -1.49. The number of aliphatic hydroxyl groups is 1. The molecule has 0 saturated carbocycles. The first-order valence-corrected chi connectivity index (χ1v) is 5.72. The smallest absolute Gasteiger partial charge is 0.309 e. The van der Waals surface area contributed by atoms with Crippen LogP contribution in [-0.4, -0.2) is 26.2 Å². The van der Waals surface area contributed by atoms with E-state index in [-0.39, 0.29) is 5.82 Å². The third kappa shape index (κ3) is 3.23. The van der Waals surface area contributed by atoms with E-state index in [4.69, 9.17) is 0 Å². The second-order valence-electron chi connectivity index (χ2n) is 4.25. The number of hydrogen-bond donors (Lipinski definition) is 2. The summed E-state index contributed by atoms with van der Waals surface area (Å²) in [5.74, 6) is -1.75. The molecule has 1 rings (SSSR count). The molecule has 0 aromatic carbocycles. The van der Waals surface area contributed by atoms with Crippen molar-refractivity contribution in [2.24, 2.45) is 5.92 Å². The Kier molecular flexibility index (Phi) is 4.57. The first kappa shape index (κ1) is 13.6. The van der Waals surface area contributed by atoms with Gasteiger partial charge in [0.2, 0.25) is 0 Å². The fraction of sp³-hybridized carbons (Fsp3) is 0.583. The maximum absolute atomic E-state index is 11.2. The Labute approximate surface area is 101 Å². The summed E-state index contributed by atoms with van der Waals surface area (Å²) in [4.78, 5) is 19.1. The lowest BCUT2D eigenvalue weighted by Crippen LogP contribution is -2.38. The van der Waals surface area contributed by atoms with Crippen molar-refractivity contribution in [3.05, 3.63) is 24.3 Å². The minimum absolute atomic E-state index is 0.156. The first-order valence-electron chi connectivity index (χ1n) is 5.72. The van der Waals surface area contributed by atoms with Gasteiger partial charge < -0.3 is 10.2 Å². The van der Waals surface area contributed by atoms with Crippen molar-refractivity contribution >= 4 is 5.97 Å². The zero-order valence-electron chi connectivity index (χ0n) is 10.1. The number of aromatic nitrogens is 2. The SMILES string of the molecule is CCCCC(C(=O)O)C(C)(O)c1ncccn1. The molecule has 0 aliphatic carbocycles. The lowest BCUT2D eigenvalue weighted by atomic mass is 9.84. The van der Waals surface area contributed by atoms with E-state index in [2.05, 4.69) is 9.97 Å². The second kappa shape index (κ2) is 5.72. The Bertz CT molecular complexity index is 365. The highest BCUT2D eigenvalue weighted by Crippen LogP contribution is 2.30. The standard InChI is InChI=1S/C12H18N2O3/c1-3-4-6-9(10(15)16)12(2,17)11-13-7-5-8-14-11/h5,7-9,17H,3-4,6H2,1-2H3,(H,15,16). The molecule has 2 unspecified atom stereocenters. The molecular weight excluding hydrogens is 220 g/mol. The van der Waals surface area contributed by atoms with Gasteiger partial charge >= 0.3 is 5.97 Å². The Morgan fingerprint density at radius 1 is 1.47 bits per heavy atom. The van der Waals surface area contributed by atoms with Gasteiger partial charge in [-0.1, -0.05) is 19.8 Å². The highest BCUT2D eigenvalue weighted by Gasteiger charge is 2.40. The van der Waals surface area contributed by atoms with Crippen LogP contribution in [0, 0.1) is 5.92 Å². The van der Waals surface area contributed by atoms with E-state index in [1.165, 1.54) is 19.3 Å². The quantitative estimate of drug-likeness (QED) is 0.786. The topological polar surface area (TPSA) is 83.3 Å². The molecule has 0 bridgehead atoms. The third-order valence-electron chi connectivity index (χ3n) is 2.84. The minimum Gasteiger partial charge on any atom is -0.481 e. The van der Waals surface area contributed by atoms with E-state index in [9.17, 15) is 15.0 Å². The highest BCUT2D eigenvalue weighted by atomic mass is 16.4. The van der Waals surface area contributed by atoms with Crippen LogP contribution in [0.5, 0.6) is 0 Å². The molecule has 0 spiro atoms. The molecule has 1 aromatic heterocycles. The molecule has 0 aliphatic rings. The van der Waals surface area contributed by atoms with E-state index >= 15 is 0 Å². The van der Waals surface area contributed by atoms with Crippen LogP contribution in [0.3, 0.4) is 0 Å². The first-order chi connectivity index (χ1) is 8.00. The van der Waals surface area contributed by atoms with Gasteiger partial charge in [-0.25, -0.2) is 9.97 Å². The monoisotopic (exact) mass is 238 g/mol. The molecule has 0 amide bonds. The number of carboxylic acids is 1. The molecule has 2 N–H and O–H groups in total. The van der Waals surface area contributed by atoms with Crippen molar-refractivity contribution in [3.63, 3.8) is 0 Å². The molecule has 1 aromatic rings. The maximum Gasteiger partial charge on any atom is 0.309 e. The average Bonchev–Trinajstić information content (AvgIpc) is 2.30. The van der Waals surface area contributed by atoms with Crippen molar-refractivity contribution in [3.8, 4) is 0 Å². The molecule has 0 aliphatic heterocycles. The van der Waals surface area contributed by atoms with Gasteiger partial charge in [0.25, 0.3) is 0 Å². The van der Waals surface area contributed by atoms with Gasteiger partial charge in [-0.3, -0.25) is 4.79 Å². The van der Waals surface area contributed by atoms with Gasteiger partial charge in [0.05, 0.1) is 5.92 Å². The number of unbranched alkanes of at least 4 members (excludes halogenated alkanes) is 1. The summed E-state index contributed by atoms with van der Waals surface area (Å²) in [5.41, 5.74) is -1.54. The molecule has 17 heavy (non-hydrogen) atoms. The van der Waals surface area contributed by atoms with Gasteiger partial charge in [0.15, 0.2) is 5.82 Å². The normalized spacial score (nSPS) is 16.2. The fourth-order valence-corrected chi connectivity index (χ4v) is 1.77. The summed E-state index contributed by atoms with van der Waals surface area (Å²) in [6.45, 7) is 3.43. The van der Waals surface area contributed by atoms with Crippen LogP contribution in [0.15, 0.2) is 18.5 Å². The summed E-state index contributed by atoms with van der Waals surface area (Å²) in [7, 11) is 0. The van der Waals surface area contributed by atoms with Crippen molar-refractivity contribution in [2.75, 3.05) is 0 Å². The van der Waals surface area contributed by atoms with Crippen LogP contribution in [-0.2, 0) is 10.4 Å². The van der Waals surface area contributed by atoms with Gasteiger partial charge in [-0.15, -0.1) is 0 Å². The molecule has 0 saturated heterocycles. The van der Waals surface area contributed by atoms with Crippen LogP contribution in [0.2, 0.25) is 0 Å². The number of carbonyl (C=O) groups is 1. The average molecular weight is 238 g/mol. The summed E-state index contributed by atoms with van der Waals surface area (Å²) in [6.07, 6.45) is 5.04. The van der Waals surface area contributed by atoms with Crippen molar-refractivity contribution < 1.29 is 15.0 Å². The lowest BCUT2D eigenvalue weighted by molar-refractivity contribution is -0.153. The number of aliphatic carboxylic acids is 1. The van der Waals surface area contributed by atoms with Gasteiger partial charge in [0.1, 0.15) is 5.60 Å². The number of carboxylic acid groups (broad SMARTS) is 1.